The minimum absolute atomic E-state index is 0.159. The minimum atomic E-state index is -0.608. The van der Waals surface area contributed by atoms with Gasteiger partial charge in [-0.2, -0.15) is 0 Å². The largest absolute Gasteiger partial charge is 0.466 e. The summed E-state index contributed by atoms with van der Waals surface area (Å²) >= 11 is 0. The molecule has 0 bridgehead atoms. The lowest BCUT2D eigenvalue weighted by molar-refractivity contribution is -0.140. The van der Waals surface area contributed by atoms with Gasteiger partial charge in [0.05, 0.1) is 33.5 Å². The highest BCUT2D eigenvalue weighted by Gasteiger charge is 2.23. The van der Waals surface area contributed by atoms with Gasteiger partial charge in [-0.05, 0) is 23.1 Å². The molecule has 0 saturated heterocycles. The lowest BCUT2D eigenvalue weighted by atomic mass is 10.0. The quantitative estimate of drug-likeness (QED) is 0.376. The van der Waals surface area contributed by atoms with Crippen LogP contribution in [0, 0.1) is 0 Å². The molecular weight excluding hydrogens is 338 g/mol. The van der Waals surface area contributed by atoms with Gasteiger partial charge in [-0.1, -0.05) is 18.2 Å². The summed E-state index contributed by atoms with van der Waals surface area (Å²) in [5.41, 5.74) is 3.49. The van der Waals surface area contributed by atoms with Gasteiger partial charge in [0.2, 0.25) is 0 Å². The molecule has 0 N–H and O–H groups in total. The number of carbonyl (C=O) groups is 2. The lowest BCUT2D eigenvalue weighted by Crippen LogP contribution is -2.31. The zero-order chi connectivity index (χ0) is 18.9. The molecule has 2 rings (SSSR count). The zero-order valence-corrected chi connectivity index (χ0v) is 15.4. The molecule has 0 radical (unpaired) electrons. The Morgan fingerprint density at radius 3 is 2.69 bits per heavy atom. The molecule has 142 valence electrons. The van der Waals surface area contributed by atoms with E-state index in [0.717, 1.165) is 22.8 Å². The van der Waals surface area contributed by atoms with Crippen molar-refractivity contribution < 1.29 is 28.5 Å². The predicted molar refractivity (Wildman–Crippen MR) is 94.0 cm³/mol. The Kier molecular flexibility index (Phi) is 7.62. The molecule has 1 aliphatic rings. The number of esters is 2. The Hall–Kier alpha value is -2.38. The monoisotopic (exact) mass is 363 g/mol. The normalized spacial score (nSPS) is 13.3. The van der Waals surface area contributed by atoms with Gasteiger partial charge in [0.15, 0.2) is 0 Å². The molecule has 7 nitrogen and oxygen atoms in total. The average molecular weight is 363 g/mol. The van der Waals surface area contributed by atoms with Crippen molar-refractivity contribution in [2.75, 3.05) is 34.5 Å². The van der Waals surface area contributed by atoms with Crippen molar-refractivity contribution in [2.45, 2.75) is 26.2 Å². The standard InChI is InChI=1S/C19H25NO6/c1-23-9-5-8-20(17(19(22)25-3)10-18(21)24-2)11-14-6-4-7-15-12-26-13-16(14)15/h4,6-7,10H,5,8-9,11-13H2,1-3H3/b17-10+. The molecule has 0 unspecified atom stereocenters. The number of hydrogen-bond donors (Lipinski definition) is 0. The first kappa shape index (κ1) is 19.9. The Labute approximate surface area is 153 Å². The first-order valence-corrected chi connectivity index (χ1v) is 8.40. The third-order valence-corrected chi connectivity index (χ3v) is 4.20. The van der Waals surface area contributed by atoms with Crippen LogP contribution in [0.2, 0.25) is 0 Å². The first-order valence-electron chi connectivity index (χ1n) is 8.40. The summed E-state index contributed by atoms with van der Waals surface area (Å²) in [4.78, 5) is 25.8. The fraction of sp³-hybridized carbons (Fsp3) is 0.474. The van der Waals surface area contributed by atoms with Crippen LogP contribution in [0.15, 0.2) is 30.0 Å². The van der Waals surface area contributed by atoms with Crippen molar-refractivity contribution in [3.63, 3.8) is 0 Å². The number of nitrogens with zero attached hydrogens (tertiary/aromatic N) is 1. The summed E-state index contributed by atoms with van der Waals surface area (Å²) in [7, 11) is 4.18. The fourth-order valence-corrected chi connectivity index (χ4v) is 2.86. The molecule has 1 aliphatic heterocycles. The van der Waals surface area contributed by atoms with Crippen molar-refractivity contribution in [3.8, 4) is 0 Å². The smallest absolute Gasteiger partial charge is 0.354 e. The molecule has 26 heavy (non-hydrogen) atoms. The summed E-state index contributed by atoms with van der Waals surface area (Å²) in [5, 5.41) is 0. The van der Waals surface area contributed by atoms with E-state index in [9.17, 15) is 9.59 Å². The number of benzene rings is 1. The topological polar surface area (TPSA) is 74.3 Å². The van der Waals surface area contributed by atoms with Crippen molar-refractivity contribution >= 4 is 11.9 Å². The number of rotatable bonds is 9. The van der Waals surface area contributed by atoms with Crippen LogP contribution in [-0.2, 0) is 48.3 Å². The molecule has 7 heteroatoms. The van der Waals surface area contributed by atoms with Gasteiger partial charge in [0.1, 0.15) is 5.70 Å². The van der Waals surface area contributed by atoms with Gasteiger partial charge in [0, 0.05) is 26.8 Å². The summed E-state index contributed by atoms with van der Waals surface area (Å²) in [6.07, 6.45) is 1.86. The van der Waals surface area contributed by atoms with Gasteiger partial charge in [-0.15, -0.1) is 0 Å². The Morgan fingerprint density at radius 1 is 1.19 bits per heavy atom. The Balaban J connectivity index is 2.31. The second kappa shape index (κ2) is 9.94. The molecular formula is C19H25NO6. The summed E-state index contributed by atoms with van der Waals surface area (Å²) in [6, 6.07) is 6.01. The van der Waals surface area contributed by atoms with Crippen LogP contribution in [0.25, 0.3) is 0 Å². The van der Waals surface area contributed by atoms with E-state index in [-0.39, 0.29) is 5.70 Å². The molecule has 0 spiro atoms. The highest BCUT2D eigenvalue weighted by atomic mass is 16.5. The van der Waals surface area contributed by atoms with Crippen LogP contribution in [0.3, 0.4) is 0 Å². The van der Waals surface area contributed by atoms with Gasteiger partial charge in [-0.3, -0.25) is 0 Å². The molecule has 1 aromatic carbocycles. The summed E-state index contributed by atoms with van der Waals surface area (Å²) in [6.45, 7) is 2.66. The van der Waals surface area contributed by atoms with Crippen molar-refractivity contribution in [2.24, 2.45) is 0 Å². The zero-order valence-electron chi connectivity index (χ0n) is 15.4. The van der Waals surface area contributed by atoms with Gasteiger partial charge in [-0.25, -0.2) is 9.59 Å². The number of methoxy groups -OCH3 is 3. The molecule has 0 saturated carbocycles. The van der Waals surface area contributed by atoms with E-state index in [1.807, 2.05) is 23.1 Å². The second-order valence-corrected chi connectivity index (χ2v) is 5.86. The van der Waals surface area contributed by atoms with Crippen LogP contribution in [0.5, 0.6) is 0 Å². The Bertz CT molecular complexity index is 670. The summed E-state index contributed by atoms with van der Waals surface area (Å²) in [5.74, 6) is -1.19. The van der Waals surface area contributed by atoms with E-state index < -0.39 is 11.9 Å². The fourth-order valence-electron chi connectivity index (χ4n) is 2.86. The molecule has 0 atom stereocenters. The third kappa shape index (κ3) is 5.06. The van der Waals surface area contributed by atoms with Crippen LogP contribution in [0.4, 0.5) is 0 Å². The SMILES string of the molecule is COCCCN(Cc1cccc2c1COC2)/C(=C/C(=O)OC)C(=O)OC. The van der Waals surface area contributed by atoms with Gasteiger partial charge >= 0.3 is 11.9 Å². The third-order valence-electron chi connectivity index (χ3n) is 4.20. The maximum Gasteiger partial charge on any atom is 0.354 e. The van der Waals surface area contributed by atoms with Crippen LogP contribution in [0.1, 0.15) is 23.1 Å². The van der Waals surface area contributed by atoms with E-state index >= 15 is 0 Å². The van der Waals surface area contributed by atoms with Crippen molar-refractivity contribution in [1.82, 2.24) is 4.90 Å². The maximum absolute atomic E-state index is 12.3. The first-order chi connectivity index (χ1) is 12.6. The molecule has 0 amide bonds. The van der Waals surface area contributed by atoms with Crippen LogP contribution >= 0.6 is 0 Å². The Morgan fingerprint density at radius 2 is 2.00 bits per heavy atom. The van der Waals surface area contributed by atoms with Crippen LogP contribution < -0.4 is 0 Å². The second-order valence-electron chi connectivity index (χ2n) is 5.86. The molecule has 1 heterocycles. The maximum atomic E-state index is 12.3. The van der Waals surface area contributed by atoms with E-state index in [4.69, 9.17) is 14.2 Å². The molecule has 0 fully saturated rings. The summed E-state index contributed by atoms with van der Waals surface area (Å²) < 4.78 is 20.2. The number of ether oxygens (including phenoxy) is 4. The van der Waals surface area contributed by atoms with Crippen molar-refractivity contribution in [1.29, 1.82) is 0 Å². The predicted octanol–water partition coefficient (Wildman–Crippen LogP) is 1.79. The highest BCUT2D eigenvalue weighted by Crippen LogP contribution is 2.25. The van der Waals surface area contributed by atoms with E-state index in [1.54, 1.807) is 7.11 Å². The number of carbonyl (C=O) groups excluding carboxylic acids is 2. The van der Waals surface area contributed by atoms with Crippen molar-refractivity contribution in [3.05, 3.63) is 46.7 Å². The van der Waals surface area contributed by atoms with E-state index in [1.165, 1.54) is 14.2 Å². The molecule has 0 aromatic heterocycles. The lowest BCUT2D eigenvalue weighted by Gasteiger charge is -2.26. The number of hydrogen-bond acceptors (Lipinski definition) is 7. The van der Waals surface area contributed by atoms with Gasteiger partial charge < -0.3 is 23.8 Å². The minimum Gasteiger partial charge on any atom is -0.466 e. The van der Waals surface area contributed by atoms with E-state index in [0.29, 0.717) is 39.3 Å². The highest BCUT2D eigenvalue weighted by molar-refractivity contribution is 5.95. The van der Waals surface area contributed by atoms with Crippen LogP contribution in [-0.4, -0.2) is 51.3 Å². The number of fused-ring (bicyclic) bond motifs is 1. The van der Waals surface area contributed by atoms with Gasteiger partial charge in [0.25, 0.3) is 0 Å². The average Bonchev–Trinajstić information content (AvgIpc) is 3.14. The molecule has 0 aliphatic carbocycles. The van der Waals surface area contributed by atoms with E-state index in [2.05, 4.69) is 4.74 Å². The molecule has 1 aromatic rings.